The van der Waals surface area contributed by atoms with Crippen LogP contribution in [0.15, 0.2) is 17.1 Å². The number of rotatable bonds is 8. The molecular formula is C16H30N4S. The molecule has 120 valence electrons. The van der Waals surface area contributed by atoms with E-state index in [1.165, 1.54) is 16.2 Å². The molecular weight excluding hydrogens is 280 g/mol. The number of aryl methyl sites for hydroxylation is 1. The number of thiophene rings is 1. The van der Waals surface area contributed by atoms with Crippen LogP contribution in [0, 0.1) is 6.92 Å². The first kappa shape index (κ1) is 18.0. The van der Waals surface area contributed by atoms with Gasteiger partial charge in [0, 0.05) is 35.4 Å². The van der Waals surface area contributed by atoms with Gasteiger partial charge in [0.25, 0.3) is 0 Å². The number of nitrogens with zero attached hydrogens (tertiary/aromatic N) is 2. The first-order valence-electron chi connectivity index (χ1n) is 7.84. The van der Waals surface area contributed by atoms with Gasteiger partial charge < -0.3 is 15.5 Å². The van der Waals surface area contributed by atoms with E-state index in [0.29, 0.717) is 6.04 Å². The first-order chi connectivity index (χ1) is 10.1. The topological polar surface area (TPSA) is 39.7 Å². The molecule has 1 heterocycles. The van der Waals surface area contributed by atoms with E-state index in [2.05, 4.69) is 67.4 Å². The zero-order chi connectivity index (χ0) is 15.7. The van der Waals surface area contributed by atoms with E-state index in [-0.39, 0.29) is 0 Å². The maximum Gasteiger partial charge on any atom is 0.191 e. The van der Waals surface area contributed by atoms with Gasteiger partial charge in [-0.15, -0.1) is 11.3 Å². The standard InChI is InChI=1S/C16H30N4S/c1-6-13(3)20(5)11-10-18-16(17-7-2)19-12-15-9-8-14(4)21-15/h8-9,13H,6-7,10-12H2,1-5H3,(H2,17,18,19). The van der Waals surface area contributed by atoms with Gasteiger partial charge in [-0.3, -0.25) is 0 Å². The van der Waals surface area contributed by atoms with Crippen LogP contribution < -0.4 is 10.6 Å². The van der Waals surface area contributed by atoms with Crippen LogP contribution in [0.25, 0.3) is 0 Å². The van der Waals surface area contributed by atoms with Gasteiger partial charge in [-0.2, -0.15) is 0 Å². The molecule has 0 spiro atoms. The van der Waals surface area contributed by atoms with Crippen molar-refractivity contribution in [1.82, 2.24) is 15.5 Å². The van der Waals surface area contributed by atoms with Gasteiger partial charge >= 0.3 is 0 Å². The molecule has 0 aromatic carbocycles. The van der Waals surface area contributed by atoms with E-state index in [9.17, 15) is 0 Å². The summed E-state index contributed by atoms with van der Waals surface area (Å²) in [5, 5.41) is 6.71. The molecule has 2 N–H and O–H groups in total. The molecule has 5 heteroatoms. The fourth-order valence-corrected chi connectivity index (χ4v) is 2.77. The largest absolute Gasteiger partial charge is 0.357 e. The van der Waals surface area contributed by atoms with Crippen LogP contribution in [-0.2, 0) is 6.54 Å². The maximum absolute atomic E-state index is 4.65. The van der Waals surface area contributed by atoms with Crippen LogP contribution in [-0.4, -0.2) is 43.6 Å². The molecule has 0 saturated carbocycles. The Kier molecular flexibility index (Phi) is 8.38. The lowest BCUT2D eigenvalue weighted by Crippen LogP contribution is -2.42. The minimum absolute atomic E-state index is 0.625. The van der Waals surface area contributed by atoms with E-state index < -0.39 is 0 Å². The monoisotopic (exact) mass is 310 g/mol. The van der Waals surface area contributed by atoms with E-state index in [0.717, 1.165) is 32.1 Å². The van der Waals surface area contributed by atoms with E-state index in [1.807, 2.05) is 11.3 Å². The lowest BCUT2D eigenvalue weighted by Gasteiger charge is -2.23. The predicted molar refractivity (Wildman–Crippen MR) is 94.3 cm³/mol. The van der Waals surface area contributed by atoms with E-state index in [1.54, 1.807) is 0 Å². The summed E-state index contributed by atoms with van der Waals surface area (Å²) in [7, 11) is 2.17. The molecule has 0 amide bonds. The third-order valence-corrected chi connectivity index (χ3v) is 4.62. The Hall–Kier alpha value is -1.07. The number of aliphatic imine (C=N–C) groups is 1. The molecule has 21 heavy (non-hydrogen) atoms. The minimum atomic E-state index is 0.625. The van der Waals surface area contributed by atoms with Gasteiger partial charge in [-0.25, -0.2) is 4.99 Å². The third-order valence-electron chi connectivity index (χ3n) is 3.63. The summed E-state index contributed by atoms with van der Waals surface area (Å²) < 4.78 is 0. The summed E-state index contributed by atoms with van der Waals surface area (Å²) in [5.41, 5.74) is 0. The molecule has 0 bridgehead atoms. The lowest BCUT2D eigenvalue weighted by atomic mass is 10.2. The Morgan fingerprint density at radius 2 is 2.10 bits per heavy atom. The Bertz CT molecular complexity index is 428. The number of likely N-dealkylation sites (N-methyl/N-ethyl adjacent to an activating group) is 1. The highest BCUT2D eigenvalue weighted by molar-refractivity contribution is 7.11. The molecule has 0 saturated heterocycles. The third kappa shape index (κ3) is 6.96. The summed E-state index contributed by atoms with van der Waals surface area (Å²) in [6.07, 6.45) is 1.18. The molecule has 0 aliphatic carbocycles. The lowest BCUT2D eigenvalue weighted by molar-refractivity contribution is 0.255. The summed E-state index contributed by atoms with van der Waals surface area (Å²) in [4.78, 5) is 9.67. The van der Waals surface area contributed by atoms with Crippen molar-refractivity contribution in [2.24, 2.45) is 4.99 Å². The van der Waals surface area contributed by atoms with Crippen molar-refractivity contribution in [3.63, 3.8) is 0 Å². The second-order valence-electron chi connectivity index (χ2n) is 5.37. The van der Waals surface area contributed by atoms with Gasteiger partial charge in [0.05, 0.1) is 6.54 Å². The molecule has 0 aliphatic heterocycles. The van der Waals surface area contributed by atoms with Crippen LogP contribution in [0.2, 0.25) is 0 Å². The van der Waals surface area contributed by atoms with Crippen molar-refractivity contribution < 1.29 is 0 Å². The average Bonchev–Trinajstić information content (AvgIpc) is 2.89. The Morgan fingerprint density at radius 3 is 2.67 bits per heavy atom. The quantitative estimate of drug-likeness (QED) is 0.573. The molecule has 1 unspecified atom stereocenters. The Morgan fingerprint density at radius 1 is 1.33 bits per heavy atom. The fraction of sp³-hybridized carbons (Fsp3) is 0.688. The van der Waals surface area contributed by atoms with Gasteiger partial charge in [0.1, 0.15) is 0 Å². The Balaban J connectivity index is 2.42. The summed E-state index contributed by atoms with van der Waals surface area (Å²) in [6.45, 7) is 12.3. The summed E-state index contributed by atoms with van der Waals surface area (Å²) >= 11 is 1.81. The molecule has 0 radical (unpaired) electrons. The second-order valence-corrected chi connectivity index (χ2v) is 6.74. The highest BCUT2D eigenvalue weighted by Gasteiger charge is 2.06. The van der Waals surface area contributed by atoms with Crippen molar-refractivity contribution >= 4 is 17.3 Å². The summed E-state index contributed by atoms with van der Waals surface area (Å²) in [6, 6.07) is 4.93. The van der Waals surface area contributed by atoms with Crippen LogP contribution >= 0.6 is 11.3 Å². The fourth-order valence-electron chi connectivity index (χ4n) is 1.95. The van der Waals surface area contributed by atoms with Crippen molar-refractivity contribution in [3.8, 4) is 0 Å². The van der Waals surface area contributed by atoms with Gasteiger partial charge in [0.15, 0.2) is 5.96 Å². The average molecular weight is 311 g/mol. The van der Waals surface area contributed by atoms with Crippen molar-refractivity contribution in [1.29, 1.82) is 0 Å². The van der Waals surface area contributed by atoms with Crippen molar-refractivity contribution in [2.45, 2.75) is 46.7 Å². The predicted octanol–water partition coefficient (Wildman–Crippen LogP) is 2.84. The highest BCUT2D eigenvalue weighted by Crippen LogP contribution is 2.15. The minimum Gasteiger partial charge on any atom is -0.357 e. The number of guanidine groups is 1. The maximum atomic E-state index is 4.65. The van der Waals surface area contributed by atoms with Gasteiger partial charge in [0.2, 0.25) is 0 Å². The SMILES string of the molecule is CCNC(=NCc1ccc(C)s1)NCCN(C)C(C)CC. The van der Waals surface area contributed by atoms with Crippen molar-refractivity contribution in [2.75, 3.05) is 26.7 Å². The molecule has 0 fully saturated rings. The Labute approximate surface area is 133 Å². The van der Waals surface area contributed by atoms with Crippen LogP contribution in [0.3, 0.4) is 0 Å². The molecule has 0 aliphatic rings. The van der Waals surface area contributed by atoms with Crippen LogP contribution in [0.4, 0.5) is 0 Å². The first-order valence-corrected chi connectivity index (χ1v) is 8.66. The zero-order valence-corrected chi connectivity index (χ0v) is 14.9. The molecule has 1 rings (SSSR count). The van der Waals surface area contributed by atoms with Gasteiger partial charge in [-0.1, -0.05) is 6.92 Å². The molecule has 1 atom stereocenters. The molecule has 1 aromatic rings. The normalized spacial score (nSPS) is 13.5. The number of nitrogens with one attached hydrogen (secondary N) is 2. The second kappa shape index (κ2) is 9.79. The van der Waals surface area contributed by atoms with E-state index in [4.69, 9.17) is 0 Å². The van der Waals surface area contributed by atoms with E-state index >= 15 is 0 Å². The molecule has 4 nitrogen and oxygen atoms in total. The highest BCUT2D eigenvalue weighted by atomic mass is 32.1. The number of hydrogen-bond donors (Lipinski definition) is 2. The summed E-state index contributed by atoms with van der Waals surface area (Å²) in [5.74, 6) is 0.904. The van der Waals surface area contributed by atoms with Gasteiger partial charge in [-0.05, 0) is 46.4 Å². The number of hydrogen-bond acceptors (Lipinski definition) is 3. The smallest absolute Gasteiger partial charge is 0.191 e. The molecule has 1 aromatic heterocycles. The van der Waals surface area contributed by atoms with Crippen molar-refractivity contribution in [3.05, 3.63) is 21.9 Å². The van der Waals surface area contributed by atoms with Crippen LogP contribution in [0.1, 0.15) is 36.9 Å². The zero-order valence-electron chi connectivity index (χ0n) is 14.1. The van der Waals surface area contributed by atoms with Crippen LogP contribution in [0.5, 0.6) is 0 Å².